The number of rotatable bonds is 6. The molecule has 5 heteroatoms. The second-order valence-corrected chi connectivity index (χ2v) is 6.28. The van der Waals surface area contributed by atoms with Crippen molar-refractivity contribution in [2.24, 2.45) is 5.84 Å². The van der Waals surface area contributed by atoms with Crippen molar-refractivity contribution in [3.63, 3.8) is 0 Å². The van der Waals surface area contributed by atoms with Crippen LogP contribution in [0.3, 0.4) is 0 Å². The number of nitrogens with zero attached hydrogens (tertiary/aromatic N) is 2. The molecule has 0 aliphatic heterocycles. The highest BCUT2D eigenvalue weighted by molar-refractivity contribution is 5.95. The molecule has 0 radical (unpaired) electrons. The lowest BCUT2D eigenvalue weighted by molar-refractivity contribution is 0.0258. The minimum atomic E-state index is -0.232. The van der Waals surface area contributed by atoms with Crippen LogP contribution in [-0.4, -0.2) is 48.9 Å². The Morgan fingerprint density at radius 1 is 1.29 bits per heavy atom. The fraction of sp³-hybridized carbons (Fsp3) is 0.562. The average molecular weight is 290 g/mol. The number of hydrogen-bond acceptors (Lipinski definition) is 4. The van der Waals surface area contributed by atoms with Crippen LogP contribution < -0.4 is 11.3 Å². The first kappa shape index (κ1) is 15.9. The van der Waals surface area contributed by atoms with E-state index in [0.717, 1.165) is 18.7 Å². The zero-order valence-corrected chi connectivity index (χ0v) is 13.2. The van der Waals surface area contributed by atoms with Gasteiger partial charge in [-0.1, -0.05) is 18.2 Å². The molecule has 21 heavy (non-hydrogen) atoms. The first-order chi connectivity index (χ1) is 9.98. The van der Waals surface area contributed by atoms with E-state index in [-0.39, 0.29) is 5.91 Å². The molecule has 1 amide bonds. The van der Waals surface area contributed by atoms with E-state index in [0.29, 0.717) is 11.1 Å². The molecule has 2 rings (SSSR count). The summed E-state index contributed by atoms with van der Waals surface area (Å²) in [6, 6.07) is 7.63. The van der Waals surface area contributed by atoms with Crippen molar-refractivity contribution < 1.29 is 4.79 Å². The van der Waals surface area contributed by atoms with Crippen molar-refractivity contribution in [3.05, 3.63) is 35.4 Å². The summed E-state index contributed by atoms with van der Waals surface area (Å²) in [6.45, 7) is 1.76. The van der Waals surface area contributed by atoms with Gasteiger partial charge in [0.1, 0.15) is 0 Å². The first-order valence-corrected chi connectivity index (χ1v) is 7.43. The molecule has 1 aromatic rings. The molecule has 0 heterocycles. The van der Waals surface area contributed by atoms with Crippen molar-refractivity contribution >= 4 is 5.91 Å². The van der Waals surface area contributed by atoms with Gasteiger partial charge < -0.3 is 9.80 Å². The fourth-order valence-electron chi connectivity index (χ4n) is 3.14. The van der Waals surface area contributed by atoms with Gasteiger partial charge in [0.25, 0.3) is 5.91 Å². The van der Waals surface area contributed by atoms with Crippen molar-refractivity contribution in [2.45, 2.75) is 31.3 Å². The van der Waals surface area contributed by atoms with Gasteiger partial charge in [-0.05, 0) is 52.0 Å². The van der Waals surface area contributed by atoms with Crippen LogP contribution in [0, 0.1) is 0 Å². The first-order valence-electron chi connectivity index (χ1n) is 7.43. The number of amides is 1. The van der Waals surface area contributed by atoms with Gasteiger partial charge in [-0.3, -0.25) is 10.2 Å². The van der Waals surface area contributed by atoms with E-state index < -0.39 is 0 Å². The number of nitrogen functional groups attached to an aromatic ring is 1. The quantitative estimate of drug-likeness (QED) is 0.469. The van der Waals surface area contributed by atoms with Crippen molar-refractivity contribution in [1.82, 2.24) is 15.2 Å². The highest BCUT2D eigenvalue weighted by Crippen LogP contribution is 2.36. The molecule has 1 aliphatic rings. The van der Waals surface area contributed by atoms with Crippen molar-refractivity contribution in [1.29, 1.82) is 0 Å². The minimum Gasteiger partial charge on any atom is -0.302 e. The average Bonchev–Trinajstić information content (AvgIpc) is 2.42. The Hall–Kier alpha value is -1.43. The molecule has 0 spiro atoms. The predicted octanol–water partition coefficient (Wildman–Crippen LogP) is 1.21. The largest absolute Gasteiger partial charge is 0.302 e. The second kappa shape index (κ2) is 6.56. The molecule has 5 nitrogen and oxygen atoms in total. The zero-order chi connectivity index (χ0) is 15.5. The van der Waals surface area contributed by atoms with Crippen LogP contribution in [0.1, 0.15) is 35.2 Å². The van der Waals surface area contributed by atoms with Crippen LogP contribution in [0.5, 0.6) is 0 Å². The SMILES string of the molecule is CN(Cc1ccccc1C(=O)NN)CC1(N(C)C)CCC1. The lowest BCUT2D eigenvalue weighted by Crippen LogP contribution is -2.56. The number of carbonyl (C=O) groups excluding carboxylic acids is 1. The van der Waals surface area contributed by atoms with Gasteiger partial charge in [-0.15, -0.1) is 0 Å². The summed E-state index contributed by atoms with van der Waals surface area (Å²) in [6.07, 6.45) is 3.79. The number of nitrogens with two attached hydrogens (primary N) is 1. The van der Waals surface area contributed by atoms with Crippen LogP contribution in [0.2, 0.25) is 0 Å². The molecule has 1 aliphatic carbocycles. The molecule has 116 valence electrons. The number of benzene rings is 1. The Labute approximate surface area is 127 Å². The fourth-order valence-corrected chi connectivity index (χ4v) is 3.14. The summed E-state index contributed by atoms with van der Waals surface area (Å²) >= 11 is 0. The predicted molar refractivity (Wildman–Crippen MR) is 84.7 cm³/mol. The molecule has 1 fully saturated rings. The maximum absolute atomic E-state index is 11.8. The molecular formula is C16H26N4O. The molecule has 0 aromatic heterocycles. The Balaban J connectivity index is 2.06. The summed E-state index contributed by atoms with van der Waals surface area (Å²) < 4.78 is 0. The van der Waals surface area contributed by atoms with Crippen LogP contribution in [0.4, 0.5) is 0 Å². The topological polar surface area (TPSA) is 61.6 Å². The van der Waals surface area contributed by atoms with E-state index in [1.54, 1.807) is 0 Å². The van der Waals surface area contributed by atoms with Gasteiger partial charge in [0.15, 0.2) is 0 Å². The summed E-state index contributed by atoms with van der Waals surface area (Å²) in [5, 5.41) is 0. The van der Waals surface area contributed by atoms with Crippen molar-refractivity contribution in [2.75, 3.05) is 27.7 Å². The third kappa shape index (κ3) is 3.43. The summed E-state index contributed by atoms with van der Waals surface area (Å²) in [5.41, 5.74) is 4.17. The normalized spacial score (nSPS) is 16.9. The van der Waals surface area contributed by atoms with E-state index in [9.17, 15) is 4.79 Å². The van der Waals surface area contributed by atoms with Crippen LogP contribution in [0.15, 0.2) is 24.3 Å². The molecule has 1 saturated carbocycles. The molecule has 0 bridgehead atoms. The number of carbonyl (C=O) groups is 1. The van der Waals surface area contributed by atoms with E-state index in [4.69, 9.17) is 5.84 Å². The summed E-state index contributed by atoms with van der Waals surface area (Å²) in [7, 11) is 6.42. The van der Waals surface area contributed by atoms with Crippen molar-refractivity contribution in [3.8, 4) is 0 Å². The third-order valence-electron chi connectivity index (χ3n) is 4.63. The standard InChI is InChI=1S/C16H26N4O/c1-19(2)16(9-6-10-16)12-20(3)11-13-7-4-5-8-14(13)15(21)18-17/h4-5,7-8H,6,9-12,17H2,1-3H3,(H,18,21). The molecule has 0 atom stereocenters. The van der Waals surface area contributed by atoms with Gasteiger partial charge in [-0.25, -0.2) is 5.84 Å². The van der Waals surface area contributed by atoms with Gasteiger partial charge in [-0.2, -0.15) is 0 Å². The van der Waals surface area contributed by atoms with Crippen LogP contribution >= 0.6 is 0 Å². The number of likely N-dealkylation sites (N-methyl/N-ethyl adjacent to an activating group) is 2. The van der Waals surface area contributed by atoms with E-state index in [2.05, 4.69) is 36.4 Å². The van der Waals surface area contributed by atoms with E-state index in [1.165, 1.54) is 19.3 Å². The van der Waals surface area contributed by atoms with E-state index in [1.807, 2.05) is 24.3 Å². The molecule has 3 N–H and O–H groups in total. The molecular weight excluding hydrogens is 264 g/mol. The van der Waals surface area contributed by atoms with Crippen LogP contribution in [0.25, 0.3) is 0 Å². The minimum absolute atomic E-state index is 0.232. The maximum Gasteiger partial charge on any atom is 0.265 e. The zero-order valence-electron chi connectivity index (χ0n) is 13.2. The Bertz CT molecular complexity index is 497. The van der Waals surface area contributed by atoms with Gasteiger partial charge >= 0.3 is 0 Å². The number of hydrazine groups is 1. The van der Waals surface area contributed by atoms with Gasteiger partial charge in [0, 0.05) is 24.2 Å². The second-order valence-electron chi connectivity index (χ2n) is 6.28. The van der Waals surface area contributed by atoms with Gasteiger partial charge in [0.05, 0.1) is 0 Å². The smallest absolute Gasteiger partial charge is 0.265 e. The summed E-state index contributed by atoms with van der Waals surface area (Å²) in [4.78, 5) is 16.4. The lowest BCUT2D eigenvalue weighted by Gasteiger charge is -2.49. The highest BCUT2D eigenvalue weighted by Gasteiger charge is 2.39. The lowest BCUT2D eigenvalue weighted by atomic mass is 9.75. The van der Waals surface area contributed by atoms with Gasteiger partial charge in [0.2, 0.25) is 0 Å². The molecule has 1 aromatic carbocycles. The molecule has 0 unspecified atom stereocenters. The van der Waals surface area contributed by atoms with E-state index >= 15 is 0 Å². The summed E-state index contributed by atoms with van der Waals surface area (Å²) in [5.74, 6) is 5.02. The highest BCUT2D eigenvalue weighted by atomic mass is 16.2. The number of hydrogen-bond donors (Lipinski definition) is 2. The maximum atomic E-state index is 11.8. The Morgan fingerprint density at radius 2 is 1.95 bits per heavy atom. The number of nitrogens with one attached hydrogen (secondary N) is 1. The Morgan fingerprint density at radius 3 is 2.48 bits per heavy atom. The molecule has 0 saturated heterocycles. The van der Waals surface area contributed by atoms with Crippen LogP contribution in [-0.2, 0) is 6.54 Å². The monoisotopic (exact) mass is 290 g/mol. The Kier molecular flexibility index (Phi) is 4.98. The third-order valence-corrected chi connectivity index (χ3v) is 4.63.